The van der Waals surface area contributed by atoms with Gasteiger partial charge in [-0.1, -0.05) is 19.3 Å². The molecule has 0 aliphatic heterocycles. The van der Waals surface area contributed by atoms with E-state index in [9.17, 15) is 0 Å². The van der Waals surface area contributed by atoms with Crippen LogP contribution in [-0.2, 0) is 12.8 Å². The van der Waals surface area contributed by atoms with Crippen LogP contribution >= 0.6 is 0 Å². The Labute approximate surface area is 109 Å². The van der Waals surface area contributed by atoms with Gasteiger partial charge in [-0.15, -0.1) is 0 Å². The first-order chi connectivity index (χ1) is 8.88. The summed E-state index contributed by atoms with van der Waals surface area (Å²) >= 11 is 0. The highest BCUT2D eigenvalue weighted by molar-refractivity contribution is 5.49. The van der Waals surface area contributed by atoms with Gasteiger partial charge in [-0.05, 0) is 39.0 Å². The van der Waals surface area contributed by atoms with Crippen LogP contribution < -0.4 is 5.32 Å². The number of hydrogen-bond acceptors (Lipinski definition) is 3. The minimum atomic E-state index is 0.613. The molecule has 3 nitrogen and oxygen atoms in total. The van der Waals surface area contributed by atoms with Gasteiger partial charge in [0.25, 0.3) is 0 Å². The fourth-order valence-corrected chi connectivity index (χ4v) is 3.31. The van der Waals surface area contributed by atoms with Crippen LogP contribution in [0.2, 0.25) is 0 Å². The Hall–Kier alpha value is -1.12. The molecule has 1 N–H and O–H groups in total. The second-order valence-corrected chi connectivity index (χ2v) is 5.57. The zero-order chi connectivity index (χ0) is 12.4. The number of aromatic nitrogens is 2. The average Bonchev–Trinajstić information content (AvgIpc) is 2.88. The van der Waals surface area contributed by atoms with Crippen molar-refractivity contribution in [3.63, 3.8) is 0 Å². The highest BCUT2D eigenvalue weighted by Gasteiger charge is 2.23. The van der Waals surface area contributed by atoms with Gasteiger partial charge in [0.1, 0.15) is 11.6 Å². The molecule has 2 aliphatic rings. The van der Waals surface area contributed by atoms with Crippen LogP contribution in [-0.4, -0.2) is 16.5 Å². The molecule has 18 heavy (non-hydrogen) atoms. The molecule has 1 aromatic heterocycles. The molecule has 0 unspecified atom stereocenters. The Morgan fingerprint density at radius 1 is 1.06 bits per heavy atom. The largest absolute Gasteiger partial charge is 0.370 e. The lowest BCUT2D eigenvalue weighted by atomic mass is 9.88. The van der Waals surface area contributed by atoms with Crippen LogP contribution in [0.5, 0.6) is 0 Å². The van der Waals surface area contributed by atoms with E-state index in [0.717, 1.165) is 31.0 Å². The molecule has 1 heterocycles. The molecule has 0 radical (unpaired) electrons. The molecule has 0 atom stereocenters. The first kappa shape index (κ1) is 11.9. The number of rotatable bonds is 3. The van der Waals surface area contributed by atoms with Crippen molar-refractivity contribution in [1.82, 2.24) is 9.97 Å². The van der Waals surface area contributed by atoms with E-state index in [4.69, 9.17) is 9.97 Å². The van der Waals surface area contributed by atoms with Gasteiger partial charge < -0.3 is 5.32 Å². The van der Waals surface area contributed by atoms with Crippen LogP contribution in [0.15, 0.2) is 0 Å². The zero-order valence-electron chi connectivity index (χ0n) is 11.3. The van der Waals surface area contributed by atoms with Crippen LogP contribution in [0.4, 0.5) is 5.82 Å². The number of fused-ring (bicyclic) bond motifs is 1. The van der Waals surface area contributed by atoms with Gasteiger partial charge in [-0.25, -0.2) is 9.97 Å². The summed E-state index contributed by atoms with van der Waals surface area (Å²) in [5, 5.41) is 3.44. The van der Waals surface area contributed by atoms with E-state index in [2.05, 4.69) is 12.2 Å². The SMILES string of the molecule is CCNc1nc(C2CCCCC2)nc2c1CCC2. The molecule has 0 spiro atoms. The third kappa shape index (κ3) is 2.23. The average molecular weight is 245 g/mol. The maximum atomic E-state index is 4.87. The van der Waals surface area contributed by atoms with E-state index in [1.165, 1.54) is 49.8 Å². The van der Waals surface area contributed by atoms with Gasteiger partial charge in [0.2, 0.25) is 0 Å². The first-order valence-corrected chi connectivity index (χ1v) is 7.52. The topological polar surface area (TPSA) is 37.8 Å². The molecule has 3 rings (SSSR count). The van der Waals surface area contributed by atoms with Gasteiger partial charge >= 0.3 is 0 Å². The van der Waals surface area contributed by atoms with Gasteiger partial charge in [0.15, 0.2) is 0 Å². The van der Waals surface area contributed by atoms with E-state index >= 15 is 0 Å². The first-order valence-electron chi connectivity index (χ1n) is 7.52. The predicted octanol–water partition coefficient (Wildman–Crippen LogP) is 3.44. The summed E-state index contributed by atoms with van der Waals surface area (Å²) in [6.07, 6.45) is 10.2. The highest BCUT2D eigenvalue weighted by Crippen LogP contribution is 2.34. The van der Waals surface area contributed by atoms with Gasteiger partial charge in [-0.3, -0.25) is 0 Å². The van der Waals surface area contributed by atoms with Crippen molar-refractivity contribution in [2.24, 2.45) is 0 Å². The highest BCUT2D eigenvalue weighted by atomic mass is 15.0. The van der Waals surface area contributed by atoms with Gasteiger partial charge in [-0.2, -0.15) is 0 Å². The Morgan fingerprint density at radius 2 is 1.89 bits per heavy atom. The second kappa shape index (κ2) is 5.25. The fourth-order valence-electron chi connectivity index (χ4n) is 3.31. The van der Waals surface area contributed by atoms with Crippen LogP contribution in [0, 0.1) is 0 Å². The zero-order valence-corrected chi connectivity index (χ0v) is 11.3. The maximum absolute atomic E-state index is 4.87. The third-order valence-corrected chi connectivity index (χ3v) is 4.26. The smallest absolute Gasteiger partial charge is 0.134 e. The monoisotopic (exact) mass is 245 g/mol. The van der Waals surface area contributed by atoms with Crippen molar-refractivity contribution in [2.75, 3.05) is 11.9 Å². The van der Waals surface area contributed by atoms with Gasteiger partial charge in [0.05, 0.1) is 0 Å². The quantitative estimate of drug-likeness (QED) is 0.886. The lowest BCUT2D eigenvalue weighted by molar-refractivity contribution is 0.428. The van der Waals surface area contributed by atoms with E-state index < -0.39 is 0 Å². The van der Waals surface area contributed by atoms with Crippen molar-refractivity contribution >= 4 is 5.82 Å². The van der Waals surface area contributed by atoms with E-state index in [1.54, 1.807) is 0 Å². The van der Waals surface area contributed by atoms with Crippen molar-refractivity contribution in [1.29, 1.82) is 0 Å². The molecule has 0 amide bonds. The molecular weight excluding hydrogens is 222 g/mol. The normalized spacial score (nSPS) is 19.8. The molecule has 1 aromatic rings. The Morgan fingerprint density at radius 3 is 2.67 bits per heavy atom. The Bertz CT molecular complexity index is 422. The number of nitrogens with zero attached hydrogens (tertiary/aromatic N) is 2. The molecule has 0 aromatic carbocycles. The van der Waals surface area contributed by atoms with E-state index in [1.807, 2.05) is 0 Å². The summed E-state index contributed by atoms with van der Waals surface area (Å²) < 4.78 is 0. The van der Waals surface area contributed by atoms with Crippen LogP contribution in [0.25, 0.3) is 0 Å². The molecule has 0 saturated heterocycles. The minimum Gasteiger partial charge on any atom is -0.370 e. The Kier molecular flexibility index (Phi) is 3.48. The van der Waals surface area contributed by atoms with Crippen LogP contribution in [0.1, 0.15) is 68.4 Å². The predicted molar refractivity (Wildman–Crippen MR) is 74.0 cm³/mol. The summed E-state index contributed by atoms with van der Waals surface area (Å²) in [7, 11) is 0. The lowest BCUT2D eigenvalue weighted by Crippen LogP contribution is -2.13. The van der Waals surface area contributed by atoms with E-state index in [-0.39, 0.29) is 0 Å². The summed E-state index contributed by atoms with van der Waals surface area (Å²) in [5.41, 5.74) is 2.71. The standard InChI is InChI=1S/C15H23N3/c1-2-16-15-12-9-6-10-13(12)17-14(18-15)11-7-4-3-5-8-11/h11H,2-10H2,1H3,(H,16,17,18). The lowest BCUT2D eigenvalue weighted by Gasteiger charge is -2.21. The Balaban J connectivity index is 1.92. The maximum Gasteiger partial charge on any atom is 0.134 e. The van der Waals surface area contributed by atoms with Crippen molar-refractivity contribution in [3.8, 4) is 0 Å². The fraction of sp³-hybridized carbons (Fsp3) is 0.733. The molecule has 98 valence electrons. The van der Waals surface area contributed by atoms with Crippen molar-refractivity contribution in [2.45, 2.75) is 64.2 Å². The number of hydrogen-bond donors (Lipinski definition) is 1. The summed E-state index contributed by atoms with van der Waals surface area (Å²) in [6, 6.07) is 0. The van der Waals surface area contributed by atoms with Crippen molar-refractivity contribution < 1.29 is 0 Å². The molecule has 0 bridgehead atoms. The number of nitrogens with one attached hydrogen (secondary N) is 1. The number of anilines is 1. The molecule has 1 fully saturated rings. The molecular formula is C15H23N3. The second-order valence-electron chi connectivity index (χ2n) is 5.57. The summed E-state index contributed by atoms with van der Waals surface area (Å²) in [4.78, 5) is 9.70. The van der Waals surface area contributed by atoms with Crippen molar-refractivity contribution in [3.05, 3.63) is 17.1 Å². The third-order valence-electron chi connectivity index (χ3n) is 4.26. The minimum absolute atomic E-state index is 0.613. The molecule has 2 aliphatic carbocycles. The number of aryl methyl sites for hydroxylation is 1. The summed E-state index contributed by atoms with van der Waals surface area (Å²) in [5.74, 6) is 2.86. The summed E-state index contributed by atoms with van der Waals surface area (Å²) in [6.45, 7) is 3.09. The van der Waals surface area contributed by atoms with Gasteiger partial charge in [0, 0.05) is 23.7 Å². The molecule has 1 saturated carbocycles. The van der Waals surface area contributed by atoms with E-state index in [0.29, 0.717) is 5.92 Å². The van der Waals surface area contributed by atoms with Crippen LogP contribution in [0.3, 0.4) is 0 Å². The molecule has 3 heteroatoms.